The van der Waals surface area contributed by atoms with Gasteiger partial charge in [-0.15, -0.1) is 28.2 Å². The summed E-state index contributed by atoms with van der Waals surface area (Å²) < 4.78 is 5.48. The fourth-order valence-corrected chi connectivity index (χ4v) is 3.14. The highest BCUT2D eigenvalue weighted by atomic mass is 32.2. The minimum absolute atomic E-state index is 0.141. The summed E-state index contributed by atoms with van der Waals surface area (Å²) in [5.41, 5.74) is 1.09. The van der Waals surface area contributed by atoms with Gasteiger partial charge in [-0.25, -0.2) is 0 Å². The lowest BCUT2D eigenvalue weighted by Gasteiger charge is -2.00. The average molecular weight is 345 g/mol. The van der Waals surface area contributed by atoms with Crippen molar-refractivity contribution in [2.75, 3.05) is 11.6 Å². The summed E-state index contributed by atoms with van der Waals surface area (Å²) in [6, 6.07) is 12.2. The van der Waals surface area contributed by atoms with Crippen LogP contribution in [-0.4, -0.2) is 22.4 Å². The Kier molecular flexibility index (Phi) is 5.09. The number of nitrogens with one attached hydrogen (secondary N) is 1. The zero-order valence-corrected chi connectivity index (χ0v) is 14.1. The number of hydrogen-bond donors (Lipinski definition) is 1. The van der Waals surface area contributed by atoms with Gasteiger partial charge in [0.05, 0.1) is 12.8 Å². The van der Waals surface area contributed by atoms with Crippen LogP contribution in [0.1, 0.15) is 16.3 Å². The molecular formula is C16H15N3O2S2. The van der Waals surface area contributed by atoms with Crippen molar-refractivity contribution in [2.24, 2.45) is 0 Å². The molecule has 0 unspecified atom stereocenters. The molecule has 2 aromatic heterocycles. The molecule has 0 aliphatic heterocycles. The SMILES string of the molecule is CSc1ccc(Cc2nnc(NC(=O)Cc3cccs3)o2)cc1. The van der Waals surface area contributed by atoms with Crippen molar-refractivity contribution in [3.63, 3.8) is 0 Å². The van der Waals surface area contributed by atoms with Crippen LogP contribution >= 0.6 is 23.1 Å². The van der Waals surface area contributed by atoms with E-state index < -0.39 is 0 Å². The normalized spacial score (nSPS) is 10.7. The summed E-state index contributed by atoms with van der Waals surface area (Å²) in [5.74, 6) is 0.320. The molecule has 23 heavy (non-hydrogen) atoms. The number of carbonyl (C=O) groups excluding carboxylic acids is 1. The molecule has 0 saturated heterocycles. The summed E-state index contributed by atoms with van der Waals surface area (Å²) in [6.07, 6.45) is 2.89. The monoisotopic (exact) mass is 345 g/mol. The largest absolute Gasteiger partial charge is 0.407 e. The summed E-state index contributed by atoms with van der Waals surface area (Å²) >= 11 is 3.24. The first-order valence-corrected chi connectivity index (χ1v) is 9.11. The Balaban J connectivity index is 1.57. The van der Waals surface area contributed by atoms with Crippen molar-refractivity contribution in [1.29, 1.82) is 0 Å². The number of thioether (sulfide) groups is 1. The molecule has 0 spiro atoms. The number of anilines is 1. The summed E-state index contributed by atoms with van der Waals surface area (Å²) in [5, 5.41) is 12.4. The molecule has 0 aliphatic rings. The highest BCUT2D eigenvalue weighted by molar-refractivity contribution is 7.98. The molecule has 0 saturated carbocycles. The van der Waals surface area contributed by atoms with Gasteiger partial charge in [-0.05, 0) is 35.4 Å². The maximum atomic E-state index is 11.9. The number of nitrogens with zero attached hydrogens (tertiary/aromatic N) is 2. The van der Waals surface area contributed by atoms with E-state index in [0.29, 0.717) is 18.7 Å². The van der Waals surface area contributed by atoms with Crippen LogP contribution in [0.15, 0.2) is 51.1 Å². The standard InChI is InChI=1S/C16H15N3O2S2/c1-22-12-6-4-11(5-7-12)9-15-18-19-16(21-15)17-14(20)10-13-3-2-8-23-13/h2-8H,9-10H2,1H3,(H,17,19,20). The number of thiophene rings is 1. The predicted molar refractivity (Wildman–Crippen MR) is 92.0 cm³/mol. The van der Waals surface area contributed by atoms with Crippen molar-refractivity contribution in [3.8, 4) is 0 Å². The van der Waals surface area contributed by atoms with Crippen LogP contribution in [0.5, 0.6) is 0 Å². The molecule has 1 amide bonds. The fraction of sp³-hybridized carbons (Fsp3) is 0.188. The van der Waals surface area contributed by atoms with E-state index in [-0.39, 0.29) is 11.9 Å². The van der Waals surface area contributed by atoms with Gasteiger partial charge in [0.2, 0.25) is 11.8 Å². The molecule has 118 valence electrons. The van der Waals surface area contributed by atoms with Gasteiger partial charge in [0, 0.05) is 9.77 Å². The number of carbonyl (C=O) groups is 1. The van der Waals surface area contributed by atoms with Crippen molar-refractivity contribution in [2.45, 2.75) is 17.7 Å². The molecule has 0 aliphatic carbocycles. The van der Waals surface area contributed by atoms with E-state index in [4.69, 9.17) is 4.42 Å². The number of aromatic nitrogens is 2. The van der Waals surface area contributed by atoms with Crippen LogP contribution in [0.3, 0.4) is 0 Å². The summed E-state index contributed by atoms with van der Waals surface area (Å²) in [4.78, 5) is 14.1. The molecule has 2 heterocycles. The molecular weight excluding hydrogens is 330 g/mol. The Morgan fingerprint density at radius 2 is 2.09 bits per heavy atom. The lowest BCUT2D eigenvalue weighted by Crippen LogP contribution is -2.13. The number of amides is 1. The number of hydrogen-bond acceptors (Lipinski definition) is 6. The number of rotatable bonds is 6. The number of benzene rings is 1. The lowest BCUT2D eigenvalue weighted by molar-refractivity contribution is -0.115. The van der Waals surface area contributed by atoms with E-state index in [0.717, 1.165) is 10.4 Å². The predicted octanol–water partition coefficient (Wildman–Crippen LogP) is 3.63. The first-order chi connectivity index (χ1) is 11.2. The Labute approximate surface area is 142 Å². The second-order valence-corrected chi connectivity index (χ2v) is 6.74. The maximum Gasteiger partial charge on any atom is 0.322 e. The first-order valence-electron chi connectivity index (χ1n) is 7.00. The van der Waals surface area contributed by atoms with Crippen LogP contribution in [0.4, 0.5) is 6.01 Å². The van der Waals surface area contributed by atoms with Crippen LogP contribution in [-0.2, 0) is 17.6 Å². The smallest absolute Gasteiger partial charge is 0.322 e. The minimum atomic E-state index is -0.160. The Morgan fingerprint density at radius 1 is 1.26 bits per heavy atom. The van der Waals surface area contributed by atoms with Gasteiger partial charge >= 0.3 is 6.01 Å². The Hall–Kier alpha value is -2.12. The quantitative estimate of drug-likeness (QED) is 0.691. The van der Waals surface area contributed by atoms with E-state index in [1.165, 1.54) is 4.90 Å². The van der Waals surface area contributed by atoms with Gasteiger partial charge in [0.1, 0.15) is 0 Å². The molecule has 1 N–H and O–H groups in total. The molecule has 3 rings (SSSR count). The highest BCUT2D eigenvalue weighted by Gasteiger charge is 2.11. The molecule has 3 aromatic rings. The summed E-state index contributed by atoms with van der Waals surface area (Å²) in [7, 11) is 0. The van der Waals surface area contributed by atoms with E-state index in [1.807, 2.05) is 35.9 Å². The van der Waals surface area contributed by atoms with Gasteiger partial charge < -0.3 is 4.42 Å². The van der Waals surface area contributed by atoms with Crippen LogP contribution in [0, 0.1) is 0 Å². The molecule has 0 bridgehead atoms. The second kappa shape index (κ2) is 7.43. The topological polar surface area (TPSA) is 68.0 Å². The van der Waals surface area contributed by atoms with E-state index in [1.54, 1.807) is 23.1 Å². The second-order valence-electron chi connectivity index (χ2n) is 4.83. The third kappa shape index (κ3) is 4.43. The van der Waals surface area contributed by atoms with Crippen molar-refractivity contribution in [3.05, 3.63) is 58.1 Å². The van der Waals surface area contributed by atoms with Gasteiger partial charge in [0.25, 0.3) is 0 Å². The maximum absolute atomic E-state index is 11.9. The van der Waals surface area contributed by atoms with Crippen LogP contribution in [0.25, 0.3) is 0 Å². The Bertz CT molecular complexity index is 767. The van der Waals surface area contributed by atoms with Gasteiger partial charge in [-0.2, -0.15) is 0 Å². The zero-order chi connectivity index (χ0) is 16.1. The third-order valence-electron chi connectivity index (χ3n) is 3.14. The highest BCUT2D eigenvalue weighted by Crippen LogP contribution is 2.17. The van der Waals surface area contributed by atoms with Crippen LogP contribution in [0.2, 0.25) is 0 Å². The minimum Gasteiger partial charge on any atom is -0.407 e. The molecule has 5 nitrogen and oxygen atoms in total. The van der Waals surface area contributed by atoms with E-state index in [9.17, 15) is 4.79 Å². The van der Waals surface area contributed by atoms with Crippen LogP contribution < -0.4 is 5.32 Å². The van der Waals surface area contributed by atoms with Crippen molar-refractivity contribution in [1.82, 2.24) is 10.2 Å². The lowest BCUT2D eigenvalue weighted by atomic mass is 10.1. The van der Waals surface area contributed by atoms with Gasteiger partial charge in [-0.3, -0.25) is 10.1 Å². The summed E-state index contributed by atoms with van der Waals surface area (Å²) in [6.45, 7) is 0. The third-order valence-corrected chi connectivity index (χ3v) is 4.76. The molecule has 1 aromatic carbocycles. The van der Waals surface area contributed by atoms with E-state index >= 15 is 0 Å². The molecule has 7 heteroatoms. The fourth-order valence-electron chi connectivity index (χ4n) is 2.03. The van der Waals surface area contributed by atoms with Gasteiger partial charge in [-0.1, -0.05) is 23.3 Å². The molecule has 0 atom stereocenters. The zero-order valence-electron chi connectivity index (χ0n) is 12.5. The molecule has 0 fully saturated rings. The van der Waals surface area contributed by atoms with Crippen molar-refractivity contribution < 1.29 is 9.21 Å². The average Bonchev–Trinajstić information content (AvgIpc) is 3.20. The molecule has 0 radical (unpaired) electrons. The van der Waals surface area contributed by atoms with Gasteiger partial charge in [0.15, 0.2) is 0 Å². The van der Waals surface area contributed by atoms with E-state index in [2.05, 4.69) is 27.6 Å². The van der Waals surface area contributed by atoms with Crippen molar-refractivity contribution >= 4 is 35.0 Å². The first kappa shape index (κ1) is 15.8. The Morgan fingerprint density at radius 3 is 2.78 bits per heavy atom.